The molecule has 7 atom stereocenters. The zero-order valence-corrected chi connectivity index (χ0v) is 15.6. The maximum Gasteiger partial charge on any atom is 0.155 e. The van der Waals surface area contributed by atoms with Crippen molar-refractivity contribution in [2.75, 3.05) is 0 Å². The third-order valence-corrected chi connectivity index (χ3v) is 8.91. The van der Waals surface area contributed by atoms with Crippen molar-refractivity contribution in [1.29, 1.82) is 0 Å². The lowest BCUT2D eigenvalue weighted by Crippen LogP contribution is -2.51. The summed E-state index contributed by atoms with van der Waals surface area (Å²) in [6, 6.07) is 0. The van der Waals surface area contributed by atoms with Crippen molar-refractivity contribution in [3.05, 3.63) is 23.3 Å². The number of aliphatic hydroxyl groups is 2. The molecule has 3 nitrogen and oxygen atoms in total. The van der Waals surface area contributed by atoms with Crippen LogP contribution in [0.5, 0.6) is 0 Å². The molecule has 2 N–H and O–H groups in total. The fourth-order valence-electron chi connectivity index (χ4n) is 7.43. The Labute approximate surface area is 151 Å². The predicted molar refractivity (Wildman–Crippen MR) is 96.7 cm³/mol. The Balaban J connectivity index is 1.53. The number of allylic oxidation sites excluding steroid dienone is 3. The quantitative estimate of drug-likeness (QED) is 0.651. The lowest BCUT2D eigenvalue weighted by atomic mass is 9.50. The van der Waals surface area contributed by atoms with Gasteiger partial charge in [-0.2, -0.15) is 0 Å². The SMILES string of the molecule is CC12CCC(O)C=C1CCC1C2=CCC2(C)C1CC[C@@]21CCC(O)O1. The monoisotopic (exact) mass is 344 g/mol. The highest BCUT2D eigenvalue weighted by molar-refractivity contribution is 5.39. The number of hydrogen-bond donors (Lipinski definition) is 2. The molecule has 2 saturated carbocycles. The zero-order chi connectivity index (χ0) is 17.4. The molecule has 25 heavy (non-hydrogen) atoms. The van der Waals surface area contributed by atoms with E-state index >= 15 is 0 Å². The van der Waals surface area contributed by atoms with E-state index in [-0.39, 0.29) is 22.5 Å². The number of fused-ring (bicyclic) bond motifs is 6. The second-order valence-electron chi connectivity index (χ2n) is 9.81. The molecule has 1 spiro atoms. The molecule has 4 aliphatic carbocycles. The summed E-state index contributed by atoms with van der Waals surface area (Å²) in [4.78, 5) is 0. The van der Waals surface area contributed by atoms with E-state index in [1.54, 1.807) is 5.57 Å². The molecule has 3 heteroatoms. The topological polar surface area (TPSA) is 49.7 Å². The molecule has 6 unspecified atom stereocenters. The van der Waals surface area contributed by atoms with Gasteiger partial charge in [-0.15, -0.1) is 0 Å². The minimum absolute atomic E-state index is 0.0983. The number of rotatable bonds is 0. The van der Waals surface area contributed by atoms with E-state index in [1.807, 2.05) is 0 Å². The second kappa shape index (κ2) is 5.21. The van der Waals surface area contributed by atoms with Gasteiger partial charge in [-0.1, -0.05) is 37.1 Å². The van der Waals surface area contributed by atoms with Gasteiger partial charge in [-0.3, -0.25) is 0 Å². The van der Waals surface area contributed by atoms with E-state index < -0.39 is 6.29 Å². The molecular formula is C22H32O3. The van der Waals surface area contributed by atoms with Crippen LogP contribution in [-0.2, 0) is 4.74 Å². The Bertz CT molecular complexity index is 652. The first-order valence-corrected chi connectivity index (χ1v) is 10.3. The third kappa shape index (κ3) is 2.04. The van der Waals surface area contributed by atoms with Gasteiger partial charge in [0.15, 0.2) is 6.29 Å². The van der Waals surface area contributed by atoms with Gasteiger partial charge >= 0.3 is 0 Å². The van der Waals surface area contributed by atoms with Crippen molar-refractivity contribution in [2.45, 2.75) is 89.6 Å². The molecule has 3 fully saturated rings. The van der Waals surface area contributed by atoms with Crippen molar-refractivity contribution in [3.63, 3.8) is 0 Å². The van der Waals surface area contributed by atoms with Gasteiger partial charge in [0, 0.05) is 17.3 Å². The van der Waals surface area contributed by atoms with Crippen LogP contribution in [0.3, 0.4) is 0 Å². The van der Waals surface area contributed by atoms with Gasteiger partial charge in [-0.05, 0) is 63.2 Å². The molecule has 138 valence electrons. The number of aliphatic hydroxyl groups excluding tert-OH is 2. The van der Waals surface area contributed by atoms with E-state index in [0.29, 0.717) is 11.8 Å². The minimum atomic E-state index is -0.556. The minimum Gasteiger partial charge on any atom is -0.389 e. The maximum atomic E-state index is 10.1. The Morgan fingerprint density at radius 2 is 1.84 bits per heavy atom. The van der Waals surface area contributed by atoms with E-state index in [1.165, 1.54) is 18.4 Å². The summed E-state index contributed by atoms with van der Waals surface area (Å²) in [5.41, 5.74) is 3.39. The first-order valence-electron chi connectivity index (χ1n) is 10.3. The summed E-state index contributed by atoms with van der Waals surface area (Å²) in [6.07, 6.45) is 13.5. The van der Waals surface area contributed by atoms with Gasteiger partial charge in [0.05, 0.1) is 11.7 Å². The third-order valence-electron chi connectivity index (χ3n) is 8.91. The van der Waals surface area contributed by atoms with Crippen LogP contribution in [0.2, 0.25) is 0 Å². The van der Waals surface area contributed by atoms with Crippen LogP contribution >= 0.6 is 0 Å². The Kier molecular flexibility index (Phi) is 3.44. The molecule has 0 radical (unpaired) electrons. The highest BCUT2D eigenvalue weighted by Gasteiger charge is 2.64. The van der Waals surface area contributed by atoms with E-state index in [9.17, 15) is 10.2 Å². The lowest BCUT2D eigenvalue weighted by Gasteiger charge is -2.55. The summed E-state index contributed by atoms with van der Waals surface area (Å²) >= 11 is 0. The Hall–Kier alpha value is -0.640. The van der Waals surface area contributed by atoms with Gasteiger partial charge in [-0.25, -0.2) is 0 Å². The molecular weight excluding hydrogens is 312 g/mol. The van der Waals surface area contributed by atoms with Gasteiger partial charge < -0.3 is 14.9 Å². The van der Waals surface area contributed by atoms with Crippen molar-refractivity contribution < 1.29 is 14.9 Å². The van der Waals surface area contributed by atoms with Crippen LogP contribution in [0.15, 0.2) is 23.3 Å². The van der Waals surface area contributed by atoms with Crippen molar-refractivity contribution in [2.24, 2.45) is 22.7 Å². The molecule has 5 rings (SSSR count). The Morgan fingerprint density at radius 3 is 2.60 bits per heavy atom. The normalized spacial score (nSPS) is 54.6. The number of hydrogen-bond acceptors (Lipinski definition) is 3. The summed E-state index contributed by atoms with van der Waals surface area (Å²) in [5.74, 6) is 1.35. The van der Waals surface area contributed by atoms with Crippen molar-refractivity contribution in [1.82, 2.24) is 0 Å². The molecule has 1 heterocycles. The largest absolute Gasteiger partial charge is 0.389 e. The molecule has 1 aliphatic heterocycles. The van der Waals surface area contributed by atoms with E-state index in [0.717, 1.165) is 44.9 Å². The number of ether oxygens (including phenoxy) is 1. The molecule has 5 aliphatic rings. The standard InChI is InChI=1S/C22H32O3/c1-20-9-5-15(23)13-14(20)3-4-16-17(20)6-10-21(2)18(16)7-11-22(21)12-8-19(24)25-22/h6,13,15-16,18-19,23-24H,3-5,7-12H2,1-2H3/t15?,16?,18?,19?,20?,21?,22-/m1/s1. The zero-order valence-electron chi connectivity index (χ0n) is 15.6. The molecule has 0 bridgehead atoms. The predicted octanol–water partition coefficient (Wildman–Crippen LogP) is 4.10. The van der Waals surface area contributed by atoms with Crippen LogP contribution in [0.4, 0.5) is 0 Å². The highest BCUT2D eigenvalue weighted by atomic mass is 16.6. The molecule has 0 aromatic carbocycles. The molecule has 0 aromatic rings. The van der Waals surface area contributed by atoms with E-state index in [2.05, 4.69) is 26.0 Å². The van der Waals surface area contributed by atoms with Gasteiger partial charge in [0.1, 0.15) is 0 Å². The molecule has 0 aromatic heterocycles. The summed E-state index contributed by atoms with van der Waals surface area (Å²) < 4.78 is 6.19. The first kappa shape index (κ1) is 16.5. The Morgan fingerprint density at radius 1 is 1.04 bits per heavy atom. The van der Waals surface area contributed by atoms with Gasteiger partial charge in [0.2, 0.25) is 0 Å². The van der Waals surface area contributed by atoms with Crippen LogP contribution < -0.4 is 0 Å². The fourth-order valence-corrected chi connectivity index (χ4v) is 7.43. The van der Waals surface area contributed by atoms with Gasteiger partial charge in [0.25, 0.3) is 0 Å². The van der Waals surface area contributed by atoms with E-state index in [4.69, 9.17) is 4.74 Å². The lowest BCUT2D eigenvalue weighted by molar-refractivity contribution is -0.181. The maximum absolute atomic E-state index is 10.1. The average molecular weight is 344 g/mol. The summed E-state index contributed by atoms with van der Waals surface area (Å²) in [7, 11) is 0. The summed E-state index contributed by atoms with van der Waals surface area (Å²) in [6.45, 7) is 4.86. The molecule has 0 amide bonds. The van der Waals surface area contributed by atoms with Crippen LogP contribution in [0, 0.1) is 22.7 Å². The second-order valence-corrected chi connectivity index (χ2v) is 9.81. The average Bonchev–Trinajstić information content (AvgIpc) is 3.10. The summed E-state index contributed by atoms with van der Waals surface area (Å²) in [5, 5.41) is 20.1. The first-order chi connectivity index (χ1) is 11.9. The smallest absolute Gasteiger partial charge is 0.155 e. The molecule has 1 saturated heterocycles. The fraction of sp³-hybridized carbons (Fsp3) is 0.818. The van der Waals surface area contributed by atoms with Crippen molar-refractivity contribution >= 4 is 0 Å². The highest BCUT2D eigenvalue weighted by Crippen LogP contribution is 2.68. The van der Waals surface area contributed by atoms with Crippen LogP contribution in [-0.4, -0.2) is 28.2 Å². The van der Waals surface area contributed by atoms with Crippen LogP contribution in [0.25, 0.3) is 0 Å². The van der Waals surface area contributed by atoms with Crippen LogP contribution in [0.1, 0.15) is 71.6 Å². The van der Waals surface area contributed by atoms with Crippen molar-refractivity contribution in [3.8, 4) is 0 Å².